The van der Waals surface area contributed by atoms with Crippen molar-refractivity contribution in [3.05, 3.63) is 29.8 Å². The highest BCUT2D eigenvalue weighted by atomic mass is 32.2. The normalized spacial score (nSPS) is 18.8. The number of ether oxygens (including phenoxy) is 1. The van der Waals surface area contributed by atoms with Crippen LogP contribution in [0.3, 0.4) is 0 Å². The first kappa shape index (κ1) is 15.5. The Balaban J connectivity index is 2.06. The van der Waals surface area contributed by atoms with E-state index in [0.29, 0.717) is 17.9 Å². The fourth-order valence-electron chi connectivity index (χ4n) is 2.47. The molecule has 0 amide bonds. The number of thioether (sulfide) groups is 1. The second-order valence-corrected chi connectivity index (χ2v) is 6.21. The van der Waals surface area contributed by atoms with Crippen LogP contribution < -0.4 is 10.5 Å². The van der Waals surface area contributed by atoms with E-state index in [-0.39, 0.29) is 5.75 Å². The van der Waals surface area contributed by atoms with Crippen molar-refractivity contribution in [3.8, 4) is 5.75 Å². The van der Waals surface area contributed by atoms with Crippen molar-refractivity contribution in [2.24, 2.45) is 11.7 Å². The van der Waals surface area contributed by atoms with Crippen molar-refractivity contribution < 1.29 is 17.9 Å². The molecule has 1 atom stereocenters. The van der Waals surface area contributed by atoms with Gasteiger partial charge in [-0.15, -0.1) is 13.2 Å². The Labute approximate surface area is 120 Å². The lowest BCUT2D eigenvalue weighted by Crippen LogP contribution is -2.22. The summed E-state index contributed by atoms with van der Waals surface area (Å²) in [4.78, 5) is 0. The minimum absolute atomic E-state index is 0.183. The summed E-state index contributed by atoms with van der Waals surface area (Å²) < 4.78 is 41.2. The third-order valence-corrected chi connectivity index (χ3v) is 4.52. The van der Waals surface area contributed by atoms with E-state index in [1.165, 1.54) is 12.1 Å². The molecule has 1 fully saturated rings. The number of hydrogen-bond acceptors (Lipinski definition) is 3. The Kier molecular flexibility index (Phi) is 5.21. The van der Waals surface area contributed by atoms with E-state index in [0.717, 1.165) is 24.3 Å². The van der Waals surface area contributed by atoms with E-state index < -0.39 is 12.4 Å². The van der Waals surface area contributed by atoms with Crippen molar-refractivity contribution >= 4 is 11.8 Å². The van der Waals surface area contributed by atoms with E-state index in [1.54, 1.807) is 12.1 Å². The van der Waals surface area contributed by atoms with E-state index >= 15 is 0 Å². The zero-order chi connectivity index (χ0) is 14.6. The Hall–Kier alpha value is -0.880. The Bertz CT molecular complexity index is 433. The largest absolute Gasteiger partial charge is 0.573 e. The summed E-state index contributed by atoms with van der Waals surface area (Å²) in [7, 11) is 0. The Morgan fingerprint density at radius 1 is 1.25 bits per heavy atom. The molecule has 2 rings (SSSR count). The van der Waals surface area contributed by atoms with Crippen molar-refractivity contribution in [1.29, 1.82) is 0 Å². The van der Waals surface area contributed by atoms with Gasteiger partial charge in [0.25, 0.3) is 0 Å². The lowest BCUT2D eigenvalue weighted by molar-refractivity contribution is -0.275. The maximum Gasteiger partial charge on any atom is 0.573 e. The molecule has 0 saturated carbocycles. The van der Waals surface area contributed by atoms with Gasteiger partial charge in [0, 0.05) is 11.6 Å². The van der Waals surface area contributed by atoms with Gasteiger partial charge in [-0.25, -0.2) is 0 Å². The molecule has 0 bridgehead atoms. The van der Waals surface area contributed by atoms with Crippen LogP contribution in [0.4, 0.5) is 13.2 Å². The summed E-state index contributed by atoms with van der Waals surface area (Å²) in [6.45, 7) is 0. The molecule has 112 valence electrons. The minimum atomic E-state index is -4.68. The Morgan fingerprint density at radius 2 is 1.90 bits per heavy atom. The topological polar surface area (TPSA) is 35.2 Å². The van der Waals surface area contributed by atoms with E-state index in [1.807, 2.05) is 11.8 Å². The molecule has 1 aliphatic heterocycles. The lowest BCUT2D eigenvalue weighted by Gasteiger charge is -2.25. The van der Waals surface area contributed by atoms with Gasteiger partial charge in [-0.1, -0.05) is 18.2 Å². The SMILES string of the molecule is NC(CC1CCSCC1)c1ccccc1OC(F)(F)F. The van der Waals surface area contributed by atoms with Gasteiger partial charge in [-0.2, -0.15) is 11.8 Å². The fraction of sp³-hybridized carbons (Fsp3) is 0.571. The predicted molar refractivity (Wildman–Crippen MR) is 74.7 cm³/mol. The monoisotopic (exact) mass is 305 g/mol. The molecular weight excluding hydrogens is 287 g/mol. The average Bonchev–Trinajstić information content (AvgIpc) is 2.38. The van der Waals surface area contributed by atoms with Gasteiger partial charge in [-0.3, -0.25) is 0 Å². The van der Waals surface area contributed by atoms with Crippen molar-refractivity contribution in [2.75, 3.05) is 11.5 Å². The summed E-state index contributed by atoms with van der Waals surface area (Å²) in [5.74, 6) is 2.53. The lowest BCUT2D eigenvalue weighted by atomic mass is 9.91. The zero-order valence-electron chi connectivity index (χ0n) is 11.0. The van der Waals surface area contributed by atoms with Gasteiger partial charge >= 0.3 is 6.36 Å². The number of para-hydroxylation sites is 1. The molecule has 0 aliphatic carbocycles. The van der Waals surface area contributed by atoms with Gasteiger partial charge in [0.05, 0.1) is 0 Å². The van der Waals surface area contributed by atoms with Crippen molar-refractivity contribution in [3.63, 3.8) is 0 Å². The molecule has 1 aromatic rings. The highest BCUT2D eigenvalue weighted by Gasteiger charge is 2.32. The number of alkyl halides is 3. The molecule has 1 aromatic carbocycles. The van der Waals surface area contributed by atoms with Crippen LogP contribution in [0.2, 0.25) is 0 Å². The molecule has 0 radical (unpaired) electrons. The third-order valence-electron chi connectivity index (χ3n) is 3.47. The van der Waals surface area contributed by atoms with Gasteiger partial charge < -0.3 is 10.5 Å². The minimum Gasteiger partial charge on any atom is -0.405 e. The first-order valence-electron chi connectivity index (χ1n) is 6.63. The molecule has 20 heavy (non-hydrogen) atoms. The predicted octanol–water partition coefficient (Wildman–Crippen LogP) is 4.12. The van der Waals surface area contributed by atoms with E-state index in [4.69, 9.17) is 5.73 Å². The third kappa shape index (κ3) is 4.59. The van der Waals surface area contributed by atoms with Gasteiger partial charge in [0.1, 0.15) is 5.75 Å². The summed E-state index contributed by atoms with van der Waals surface area (Å²) in [6.07, 6.45) is -1.81. The van der Waals surface area contributed by atoms with Crippen LogP contribution in [-0.4, -0.2) is 17.9 Å². The van der Waals surface area contributed by atoms with Gasteiger partial charge in [0.2, 0.25) is 0 Å². The van der Waals surface area contributed by atoms with Crippen LogP contribution in [-0.2, 0) is 0 Å². The molecule has 1 saturated heterocycles. The molecular formula is C14H18F3NOS. The summed E-state index contributed by atoms with van der Waals surface area (Å²) in [6, 6.07) is 5.73. The van der Waals surface area contributed by atoms with Gasteiger partial charge in [0.15, 0.2) is 0 Å². The van der Waals surface area contributed by atoms with Crippen LogP contribution in [0.25, 0.3) is 0 Å². The summed E-state index contributed by atoms with van der Waals surface area (Å²) in [5.41, 5.74) is 6.52. The standard InChI is InChI=1S/C14H18F3NOS/c15-14(16,17)19-13-4-2-1-3-11(13)12(18)9-10-5-7-20-8-6-10/h1-4,10,12H,5-9,18H2. The van der Waals surface area contributed by atoms with Crippen LogP contribution in [0.1, 0.15) is 30.9 Å². The van der Waals surface area contributed by atoms with Crippen molar-refractivity contribution in [2.45, 2.75) is 31.7 Å². The van der Waals surface area contributed by atoms with E-state index in [9.17, 15) is 13.2 Å². The van der Waals surface area contributed by atoms with Crippen LogP contribution in [0.5, 0.6) is 5.75 Å². The first-order chi connectivity index (χ1) is 9.46. The van der Waals surface area contributed by atoms with Crippen LogP contribution >= 0.6 is 11.8 Å². The molecule has 6 heteroatoms. The highest BCUT2D eigenvalue weighted by molar-refractivity contribution is 7.99. The fourth-order valence-corrected chi connectivity index (χ4v) is 3.68. The summed E-state index contributed by atoms with van der Waals surface area (Å²) in [5, 5.41) is 0. The van der Waals surface area contributed by atoms with E-state index in [2.05, 4.69) is 4.74 Å². The highest BCUT2D eigenvalue weighted by Crippen LogP contribution is 2.34. The van der Waals surface area contributed by atoms with Crippen LogP contribution in [0, 0.1) is 5.92 Å². The average molecular weight is 305 g/mol. The molecule has 2 nitrogen and oxygen atoms in total. The first-order valence-corrected chi connectivity index (χ1v) is 7.79. The Morgan fingerprint density at radius 3 is 2.55 bits per heavy atom. The molecule has 2 N–H and O–H groups in total. The second kappa shape index (κ2) is 6.72. The number of benzene rings is 1. The summed E-state index contributed by atoms with van der Waals surface area (Å²) >= 11 is 1.92. The van der Waals surface area contributed by atoms with Crippen LogP contribution in [0.15, 0.2) is 24.3 Å². The number of halogens is 3. The second-order valence-electron chi connectivity index (χ2n) is 4.98. The molecule has 1 aliphatic rings. The molecule has 1 unspecified atom stereocenters. The number of hydrogen-bond donors (Lipinski definition) is 1. The molecule has 0 aromatic heterocycles. The van der Waals surface area contributed by atoms with Gasteiger partial charge in [-0.05, 0) is 42.8 Å². The zero-order valence-corrected chi connectivity index (χ0v) is 11.8. The van der Waals surface area contributed by atoms with Crippen molar-refractivity contribution in [1.82, 2.24) is 0 Å². The maximum absolute atomic E-state index is 12.4. The number of nitrogens with two attached hydrogens (primary N) is 1. The molecule has 1 heterocycles. The number of rotatable bonds is 4. The smallest absolute Gasteiger partial charge is 0.405 e. The molecule has 0 spiro atoms. The maximum atomic E-state index is 12.4. The quantitative estimate of drug-likeness (QED) is 0.909.